The van der Waals surface area contributed by atoms with E-state index in [0.29, 0.717) is 6.04 Å². The number of likely N-dealkylation sites (N-methyl/N-ethyl adjacent to an activating group) is 1. The molecule has 1 aliphatic carbocycles. The lowest BCUT2D eigenvalue weighted by Gasteiger charge is -2.40. The molecule has 0 spiro atoms. The molecule has 2 fully saturated rings. The van der Waals surface area contributed by atoms with Crippen molar-refractivity contribution in [3.8, 4) is 0 Å². The number of nitrogens with one attached hydrogen (secondary N) is 1. The average Bonchev–Trinajstić information content (AvgIpc) is 3.22. The number of rotatable bonds is 4. The Bertz CT molecular complexity index is 481. The number of benzene rings is 1. The molecular weight excluding hydrogens is 323 g/mol. The van der Waals surface area contributed by atoms with E-state index in [1.54, 1.807) is 0 Å². The number of ether oxygens (including phenoxy) is 1. The summed E-state index contributed by atoms with van der Waals surface area (Å²) >= 11 is 3.49. The van der Waals surface area contributed by atoms with Crippen molar-refractivity contribution in [3.63, 3.8) is 0 Å². The third-order valence-electron chi connectivity index (χ3n) is 4.07. The highest BCUT2D eigenvalue weighted by Crippen LogP contribution is 2.33. The Kier molecular flexibility index (Phi) is 4.40. The van der Waals surface area contributed by atoms with Crippen molar-refractivity contribution in [3.05, 3.63) is 34.1 Å². The Labute approximate surface area is 127 Å². The van der Waals surface area contributed by atoms with Gasteiger partial charge >= 0.3 is 0 Å². The second-order valence-corrected chi connectivity index (χ2v) is 6.54. The first-order chi connectivity index (χ1) is 9.65. The molecule has 3 nitrogen and oxygen atoms in total. The Morgan fingerprint density at radius 3 is 2.95 bits per heavy atom. The van der Waals surface area contributed by atoms with Gasteiger partial charge in [0.05, 0.1) is 18.8 Å². The molecule has 20 heavy (non-hydrogen) atoms. The predicted octanol–water partition coefficient (Wildman–Crippen LogP) is 2.71. The molecule has 3 rings (SSSR count). The van der Waals surface area contributed by atoms with Crippen molar-refractivity contribution in [2.24, 2.45) is 0 Å². The normalized spacial score (nSPS) is 27.8. The molecule has 1 saturated heterocycles. The zero-order valence-corrected chi connectivity index (χ0v) is 13.2. The molecule has 0 aromatic heterocycles. The van der Waals surface area contributed by atoms with Crippen molar-refractivity contribution in [2.45, 2.75) is 31.0 Å². The van der Waals surface area contributed by atoms with Crippen LogP contribution in [0.1, 0.15) is 24.4 Å². The maximum atomic E-state index is 13.3. The molecular formula is C15H20BrFN2O. The molecule has 2 aliphatic rings. The summed E-state index contributed by atoms with van der Waals surface area (Å²) in [6.07, 6.45) is 2.65. The summed E-state index contributed by atoms with van der Waals surface area (Å²) in [7, 11) is 2.10. The molecule has 0 bridgehead atoms. The highest BCUT2D eigenvalue weighted by molar-refractivity contribution is 9.10. The van der Waals surface area contributed by atoms with Crippen LogP contribution in [0.4, 0.5) is 4.39 Å². The predicted molar refractivity (Wildman–Crippen MR) is 80.2 cm³/mol. The van der Waals surface area contributed by atoms with Crippen molar-refractivity contribution >= 4 is 15.9 Å². The fraction of sp³-hybridized carbons (Fsp3) is 0.600. The van der Waals surface area contributed by atoms with Crippen molar-refractivity contribution in [2.75, 3.05) is 26.7 Å². The van der Waals surface area contributed by atoms with E-state index in [-0.39, 0.29) is 18.0 Å². The molecule has 5 heteroatoms. The molecule has 1 aromatic rings. The van der Waals surface area contributed by atoms with E-state index >= 15 is 0 Å². The molecule has 1 saturated carbocycles. The second kappa shape index (κ2) is 6.10. The monoisotopic (exact) mass is 342 g/mol. The van der Waals surface area contributed by atoms with Gasteiger partial charge in [0.2, 0.25) is 0 Å². The third-order valence-corrected chi connectivity index (χ3v) is 4.76. The van der Waals surface area contributed by atoms with Crippen LogP contribution in [0.5, 0.6) is 0 Å². The van der Waals surface area contributed by atoms with E-state index in [4.69, 9.17) is 4.74 Å². The largest absolute Gasteiger partial charge is 0.374 e. The zero-order chi connectivity index (χ0) is 14.1. The van der Waals surface area contributed by atoms with Gasteiger partial charge in [0.15, 0.2) is 0 Å². The van der Waals surface area contributed by atoms with Gasteiger partial charge in [0.1, 0.15) is 5.82 Å². The van der Waals surface area contributed by atoms with Crippen molar-refractivity contribution in [1.29, 1.82) is 0 Å². The Balaban J connectivity index is 1.80. The molecule has 2 unspecified atom stereocenters. The highest BCUT2D eigenvalue weighted by atomic mass is 79.9. The minimum absolute atomic E-state index is 0.108. The summed E-state index contributed by atoms with van der Waals surface area (Å²) in [5.74, 6) is -0.215. The minimum Gasteiger partial charge on any atom is -0.374 e. The van der Waals surface area contributed by atoms with Crippen LogP contribution in [0.3, 0.4) is 0 Å². The third kappa shape index (κ3) is 3.22. The van der Waals surface area contributed by atoms with Crippen LogP contribution < -0.4 is 5.32 Å². The Hall–Kier alpha value is -0.490. The lowest BCUT2D eigenvalue weighted by molar-refractivity contribution is -0.0617. The average molecular weight is 343 g/mol. The van der Waals surface area contributed by atoms with Crippen LogP contribution in [0.2, 0.25) is 0 Å². The van der Waals surface area contributed by atoms with E-state index in [0.717, 1.165) is 29.7 Å². The van der Waals surface area contributed by atoms with Crippen molar-refractivity contribution < 1.29 is 9.13 Å². The summed E-state index contributed by atoms with van der Waals surface area (Å²) in [5.41, 5.74) is 1.09. The molecule has 110 valence electrons. The molecule has 1 heterocycles. The van der Waals surface area contributed by atoms with Crippen LogP contribution in [-0.2, 0) is 4.74 Å². The van der Waals surface area contributed by atoms with E-state index in [1.165, 1.54) is 25.0 Å². The molecule has 1 aliphatic heterocycles. The van der Waals surface area contributed by atoms with Gasteiger partial charge in [-0.1, -0.05) is 22.0 Å². The van der Waals surface area contributed by atoms with Gasteiger partial charge in [-0.15, -0.1) is 0 Å². The Morgan fingerprint density at radius 2 is 2.25 bits per heavy atom. The first-order valence-electron chi connectivity index (χ1n) is 7.15. The maximum absolute atomic E-state index is 13.3. The molecule has 0 amide bonds. The summed E-state index contributed by atoms with van der Waals surface area (Å²) in [6, 6.07) is 5.74. The summed E-state index contributed by atoms with van der Waals surface area (Å²) in [5, 5.41) is 3.54. The van der Waals surface area contributed by atoms with E-state index in [1.807, 2.05) is 6.07 Å². The van der Waals surface area contributed by atoms with Crippen LogP contribution in [0, 0.1) is 5.82 Å². The maximum Gasteiger partial charge on any atom is 0.124 e. The zero-order valence-electron chi connectivity index (χ0n) is 11.6. The fourth-order valence-electron chi connectivity index (χ4n) is 2.78. The first-order valence-corrected chi connectivity index (χ1v) is 7.94. The Morgan fingerprint density at radius 1 is 1.45 bits per heavy atom. The molecule has 0 radical (unpaired) electrons. The van der Waals surface area contributed by atoms with Gasteiger partial charge in [0.25, 0.3) is 0 Å². The SMILES string of the molecule is CN1CCOC(CNC2CC2)C1c1ccc(F)cc1Br. The standard InChI is InChI=1S/C15H20BrFN2O/c1-19-6-7-20-14(9-18-11-3-4-11)15(19)12-5-2-10(17)8-13(12)16/h2,5,8,11,14-15,18H,3-4,6-7,9H2,1H3. The highest BCUT2D eigenvalue weighted by Gasteiger charge is 2.34. The van der Waals surface area contributed by atoms with Crippen LogP contribution in [-0.4, -0.2) is 43.8 Å². The number of halogens is 2. The summed E-state index contributed by atoms with van der Waals surface area (Å²) in [6.45, 7) is 2.50. The molecule has 1 aromatic carbocycles. The van der Waals surface area contributed by atoms with Crippen LogP contribution >= 0.6 is 15.9 Å². The van der Waals surface area contributed by atoms with Gasteiger partial charge < -0.3 is 10.1 Å². The van der Waals surface area contributed by atoms with E-state index in [2.05, 4.69) is 33.2 Å². The van der Waals surface area contributed by atoms with Gasteiger partial charge in [-0.3, -0.25) is 4.90 Å². The lowest BCUT2D eigenvalue weighted by Crippen LogP contribution is -2.47. The van der Waals surface area contributed by atoms with Gasteiger partial charge in [-0.05, 0) is 37.6 Å². The number of hydrogen-bond acceptors (Lipinski definition) is 3. The topological polar surface area (TPSA) is 24.5 Å². The van der Waals surface area contributed by atoms with E-state index < -0.39 is 0 Å². The van der Waals surface area contributed by atoms with Gasteiger partial charge in [-0.2, -0.15) is 0 Å². The summed E-state index contributed by atoms with van der Waals surface area (Å²) in [4.78, 5) is 2.29. The lowest BCUT2D eigenvalue weighted by atomic mass is 9.98. The number of morpholine rings is 1. The minimum atomic E-state index is -0.215. The van der Waals surface area contributed by atoms with E-state index in [9.17, 15) is 4.39 Å². The second-order valence-electron chi connectivity index (χ2n) is 5.68. The first kappa shape index (κ1) is 14.4. The fourth-order valence-corrected chi connectivity index (χ4v) is 3.37. The molecule has 2 atom stereocenters. The molecule has 1 N–H and O–H groups in total. The van der Waals surface area contributed by atoms with Crippen LogP contribution in [0.15, 0.2) is 22.7 Å². The number of hydrogen-bond donors (Lipinski definition) is 1. The van der Waals surface area contributed by atoms with Gasteiger partial charge in [-0.25, -0.2) is 4.39 Å². The number of nitrogens with zero attached hydrogens (tertiary/aromatic N) is 1. The summed E-state index contributed by atoms with van der Waals surface area (Å²) < 4.78 is 20.1. The quantitative estimate of drug-likeness (QED) is 0.910. The smallest absolute Gasteiger partial charge is 0.124 e. The van der Waals surface area contributed by atoms with Crippen LogP contribution in [0.25, 0.3) is 0 Å². The van der Waals surface area contributed by atoms with Gasteiger partial charge in [0, 0.05) is 23.6 Å². The van der Waals surface area contributed by atoms with Crippen molar-refractivity contribution in [1.82, 2.24) is 10.2 Å².